The maximum absolute atomic E-state index is 11.9. The van der Waals surface area contributed by atoms with Gasteiger partial charge in [-0.25, -0.2) is 4.99 Å². The number of likely N-dealkylation sites (N-methyl/N-ethyl adjacent to an activating group) is 1. The Morgan fingerprint density at radius 1 is 1.27 bits per heavy atom. The van der Waals surface area contributed by atoms with Crippen molar-refractivity contribution in [1.82, 2.24) is 30.3 Å². The lowest BCUT2D eigenvalue weighted by Crippen LogP contribution is -2.43. The molecule has 0 saturated carbocycles. The van der Waals surface area contributed by atoms with Crippen molar-refractivity contribution < 1.29 is 4.79 Å². The van der Waals surface area contributed by atoms with Crippen LogP contribution < -0.4 is 10.6 Å². The van der Waals surface area contributed by atoms with Crippen molar-refractivity contribution in [3.8, 4) is 0 Å². The Morgan fingerprint density at radius 3 is 2.54 bits per heavy atom. The molecule has 0 aliphatic carbocycles. The maximum atomic E-state index is 11.9. The summed E-state index contributed by atoms with van der Waals surface area (Å²) >= 11 is 0. The number of hydrogen-bond acceptors (Lipinski definition) is 4. The third kappa shape index (κ3) is 5.30. The number of carbonyl (C=O) groups is 1. The molecule has 1 aromatic heterocycles. The molecule has 0 aliphatic rings. The molecular formula is C18H27N7O. The van der Waals surface area contributed by atoms with Gasteiger partial charge in [-0.1, -0.05) is 30.3 Å². The fourth-order valence-corrected chi connectivity index (χ4v) is 2.24. The third-order valence-corrected chi connectivity index (χ3v) is 4.12. The molecule has 8 nitrogen and oxygen atoms in total. The molecule has 140 valence electrons. The summed E-state index contributed by atoms with van der Waals surface area (Å²) in [6.07, 6.45) is 0. The molecule has 0 spiro atoms. The van der Waals surface area contributed by atoms with Crippen molar-refractivity contribution in [1.29, 1.82) is 0 Å². The number of hydrogen-bond donors (Lipinski definition) is 2. The summed E-state index contributed by atoms with van der Waals surface area (Å²) in [6, 6.07) is 10.1. The minimum Gasteiger partial charge on any atom is -0.350 e. The number of guanidine groups is 1. The van der Waals surface area contributed by atoms with Gasteiger partial charge in [-0.2, -0.15) is 0 Å². The van der Waals surface area contributed by atoms with Gasteiger partial charge in [0.15, 0.2) is 11.8 Å². The highest BCUT2D eigenvalue weighted by Gasteiger charge is 2.11. The first-order valence-corrected chi connectivity index (χ1v) is 8.53. The highest BCUT2D eigenvalue weighted by atomic mass is 16.2. The Bertz CT molecular complexity index is 752. The van der Waals surface area contributed by atoms with E-state index in [9.17, 15) is 4.79 Å². The Kier molecular flexibility index (Phi) is 6.71. The number of aryl methyl sites for hydroxylation is 1. The molecule has 0 saturated heterocycles. The van der Waals surface area contributed by atoms with Gasteiger partial charge in [-0.3, -0.25) is 4.79 Å². The van der Waals surface area contributed by atoms with E-state index in [0.717, 1.165) is 17.2 Å². The molecule has 0 bridgehead atoms. The van der Waals surface area contributed by atoms with Gasteiger partial charge < -0.3 is 20.1 Å². The topological polar surface area (TPSA) is 87.4 Å². The van der Waals surface area contributed by atoms with Crippen molar-refractivity contribution >= 4 is 11.9 Å². The van der Waals surface area contributed by atoms with Crippen molar-refractivity contribution in [3.63, 3.8) is 0 Å². The number of rotatable bonds is 6. The summed E-state index contributed by atoms with van der Waals surface area (Å²) in [5.74, 6) is 2.12. The molecule has 2 rings (SSSR count). The van der Waals surface area contributed by atoms with Gasteiger partial charge in [0.05, 0.1) is 12.6 Å². The summed E-state index contributed by atoms with van der Waals surface area (Å²) < 4.78 is 1.90. The second kappa shape index (κ2) is 8.98. The number of aromatic nitrogens is 3. The quantitative estimate of drug-likeness (QED) is 0.595. The molecule has 1 unspecified atom stereocenters. The minimum atomic E-state index is -0.0265. The van der Waals surface area contributed by atoms with Gasteiger partial charge >= 0.3 is 0 Å². The van der Waals surface area contributed by atoms with E-state index in [0.29, 0.717) is 12.5 Å². The van der Waals surface area contributed by atoms with Crippen LogP contribution in [0.4, 0.5) is 0 Å². The van der Waals surface area contributed by atoms with Gasteiger partial charge in [0, 0.05) is 21.1 Å². The SMILES string of the molecule is Cc1nnc(CN=C(NCC(=O)N(C)C)NC(C)c2ccccc2)n1C. The van der Waals surface area contributed by atoms with E-state index in [2.05, 4.69) is 25.8 Å². The lowest BCUT2D eigenvalue weighted by molar-refractivity contribution is -0.127. The van der Waals surface area contributed by atoms with Crippen LogP contribution in [0.1, 0.15) is 30.2 Å². The van der Waals surface area contributed by atoms with E-state index in [1.807, 2.05) is 55.8 Å². The smallest absolute Gasteiger partial charge is 0.241 e. The number of nitrogens with zero attached hydrogens (tertiary/aromatic N) is 5. The zero-order chi connectivity index (χ0) is 19.1. The molecule has 2 aromatic rings. The molecule has 0 fully saturated rings. The molecule has 26 heavy (non-hydrogen) atoms. The largest absolute Gasteiger partial charge is 0.350 e. The Morgan fingerprint density at radius 2 is 1.96 bits per heavy atom. The van der Waals surface area contributed by atoms with Crippen molar-refractivity contribution in [3.05, 3.63) is 47.5 Å². The molecule has 1 amide bonds. The molecule has 1 atom stereocenters. The second-order valence-electron chi connectivity index (χ2n) is 6.31. The molecule has 1 heterocycles. The van der Waals surface area contributed by atoms with Crippen LogP contribution >= 0.6 is 0 Å². The molecule has 1 aromatic carbocycles. The van der Waals surface area contributed by atoms with Crippen molar-refractivity contribution in [2.75, 3.05) is 20.6 Å². The Labute approximate surface area is 154 Å². The Hall–Kier alpha value is -2.90. The number of aliphatic imine (C=N–C) groups is 1. The minimum absolute atomic E-state index is 0.0265. The molecule has 8 heteroatoms. The fraction of sp³-hybridized carbons (Fsp3) is 0.444. The highest BCUT2D eigenvalue weighted by Crippen LogP contribution is 2.11. The number of nitrogens with one attached hydrogen (secondary N) is 2. The molecule has 2 N–H and O–H groups in total. The first-order chi connectivity index (χ1) is 12.4. The van der Waals surface area contributed by atoms with E-state index in [4.69, 9.17) is 0 Å². The van der Waals surface area contributed by atoms with Crippen LogP contribution in [-0.4, -0.2) is 52.2 Å². The fourth-order valence-electron chi connectivity index (χ4n) is 2.24. The summed E-state index contributed by atoms with van der Waals surface area (Å²) in [6.45, 7) is 4.47. The average molecular weight is 357 g/mol. The van der Waals surface area contributed by atoms with Crippen LogP contribution in [0.3, 0.4) is 0 Å². The standard InChI is InChI=1S/C18H27N7O/c1-13(15-9-7-6-8-10-15)21-18(20-12-17(26)24(3)4)19-11-16-23-22-14(2)25(16)5/h6-10,13H,11-12H2,1-5H3,(H2,19,20,21). The number of amides is 1. The van der Waals surface area contributed by atoms with E-state index in [1.54, 1.807) is 14.1 Å². The number of benzene rings is 1. The van der Waals surface area contributed by atoms with Gasteiger partial charge in [0.1, 0.15) is 12.4 Å². The molecular weight excluding hydrogens is 330 g/mol. The van der Waals surface area contributed by atoms with Gasteiger partial charge in [0.2, 0.25) is 5.91 Å². The van der Waals surface area contributed by atoms with Crippen LogP contribution in [-0.2, 0) is 18.4 Å². The van der Waals surface area contributed by atoms with E-state index in [-0.39, 0.29) is 18.5 Å². The Balaban J connectivity index is 2.11. The predicted molar refractivity (Wildman–Crippen MR) is 102 cm³/mol. The van der Waals surface area contributed by atoms with Crippen molar-refractivity contribution in [2.45, 2.75) is 26.4 Å². The van der Waals surface area contributed by atoms with Crippen LogP contribution in [0.25, 0.3) is 0 Å². The van der Waals surface area contributed by atoms with Gasteiger partial charge in [0.25, 0.3) is 0 Å². The van der Waals surface area contributed by atoms with E-state index < -0.39 is 0 Å². The van der Waals surface area contributed by atoms with Gasteiger partial charge in [-0.15, -0.1) is 10.2 Å². The molecule has 0 aliphatic heterocycles. The lowest BCUT2D eigenvalue weighted by Gasteiger charge is -2.19. The van der Waals surface area contributed by atoms with Crippen LogP contribution in [0, 0.1) is 6.92 Å². The van der Waals surface area contributed by atoms with Crippen molar-refractivity contribution in [2.24, 2.45) is 12.0 Å². The lowest BCUT2D eigenvalue weighted by atomic mass is 10.1. The van der Waals surface area contributed by atoms with Gasteiger partial charge in [-0.05, 0) is 19.4 Å². The second-order valence-corrected chi connectivity index (χ2v) is 6.31. The summed E-state index contributed by atoms with van der Waals surface area (Å²) in [5, 5.41) is 14.6. The predicted octanol–water partition coefficient (Wildman–Crippen LogP) is 1.01. The zero-order valence-electron chi connectivity index (χ0n) is 16.0. The monoisotopic (exact) mass is 357 g/mol. The highest BCUT2D eigenvalue weighted by molar-refractivity contribution is 5.86. The number of carbonyl (C=O) groups excluding carboxylic acids is 1. The summed E-state index contributed by atoms with van der Waals surface area (Å²) in [5.41, 5.74) is 1.13. The van der Waals surface area contributed by atoms with Crippen LogP contribution in [0.2, 0.25) is 0 Å². The van der Waals surface area contributed by atoms with Crippen LogP contribution in [0.15, 0.2) is 35.3 Å². The first kappa shape index (κ1) is 19.4. The van der Waals surface area contributed by atoms with E-state index >= 15 is 0 Å². The maximum Gasteiger partial charge on any atom is 0.241 e. The summed E-state index contributed by atoms with van der Waals surface area (Å²) in [7, 11) is 5.36. The molecule has 0 radical (unpaired) electrons. The zero-order valence-corrected chi connectivity index (χ0v) is 16.0. The average Bonchev–Trinajstić information content (AvgIpc) is 2.96. The van der Waals surface area contributed by atoms with E-state index in [1.165, 1.54) is 4.90 Å². The third-order valence-electron chi connectivity index (χ3n) is 4.12. The first-order valence-electron chi connectivity index (χ1n) is 8.53. The van der Waals surface area contributed by atoms with Crippen LogP contribution in [0.5, 0.6) is 0 Å². The summed E-state index contributed by atoms with van der Waals surface area (Å²) in [4.78, 5) is 18.0. The normalized spacial score (nSPS) is 12.6.